The van der Waals surface area contributed by atoms with E-state index in [9.17, 15) is 4.79 Å². The minimum atomic E-state index is -0.942. The molecule has 0 spiro atoms. The Balaban J connectivity index is 0.000000345. The van der Waals surface area contributed by atoms with Crippen LogP contribution in [0, 0.1) is 18.3 Å². The molecular formula is C22H25N3O2. The molecular weight excluding hydrogens is 338 g/mol. The van der Waals surface area contributed by atoms with Gasteiger partial charge in [-0.3, -0.25) is 9.98 Å². The summed E-state index contributed by atoms with van der Waals surface area (Å²) in [6.07, 6.45) is 4.58. The molecule has 0 saturated carbocycles. The lowest BCUT2D eigenvalue weighted by molar-refractivity contribution is -0.132. The number of carbonyl (C=O) groups is 1. The molecule has 0 atom stereocenters. The van der Waals surface area contributed by atoms with Gasteiger partial charge in [0.05, 0.1) is 17.2 Å². The highest BCUT2D eigenvalue weighted by molar-refractivity contribution is 6.08. The number of pyridine rings is 1. The van der Waals surface area contributed by atoms with Crippen molar-refractivity contribution in [2.24, 2.45) is 4.99 Å². The number of nitrogens with zero attached hydrogens (tertiary/aromatic N) is 3. The molecule has 140 valence electrons. The van der Waals surface area contributed by atoms with Crippen molar-refractivity contribution >= 4 is 12.2 Å². The SMILES string of the molecule is C/C=C(\C=NC)C(=O)O.Cc1cc(C#N)c(-c2ccc(C(C)C)cc2)cn1. The summed E-state index contributed by atoms with van der Waals surface area (Å²) in [5.74, 6) is -0.422. The van der Waals surface area contributed by atoms with Gasteiger partial charge in [0.1, 0.15) is 0 Å². The predicted molar refractivity (Wildman–Crippen MR) is 109 cm³/mol. The number of aromatic nitrogens is 1. The van der Waals surface area contributed by atoms with Crippen LogP contribution in [-0.2, 0) is 4.79 Å². The summed E-state index contributed by atoms with van der Waals surface area (Å²) < 4.78 is 0. The van der Waals surface area contributed by atoms with Crippen molar-refractivity contribution in [2.75, 3.05) is 7.05 Å². The number of aliphatic carboxylic acids is 1. The number of carboxylic acid groups (broad SMARTS) is 1. The number of aliphatic imine (C=N–C) groups is 1. The van der Waals surface area contributed by atoms with Crippen LogP contribution in [0.3, 0.4) is 0 Å². The first-order chi connectivity index (χ1) is 12.8. The largest absolute Gasteiger partial charge is 0.478 e. The number of aryl methyl sites for hydroxylation is 1. The zero-order chi connectivity index (χ0) is 20.4. The lowest BCUT2D eigenvalue weighted by Crippen LogP contribution is -2.00. The Hall–Kier alpha value is -3.26. The number of allylic oxidation sites excluding steroid dienone is 1. The van der Waals surface area contributed by atoms with Crippen LogP contribution in [0.2, 0.25) is 0 Å². The molecule has 0 saturated heterocycles. The van der Waals surface area contributed by atoms with Gasteiger partial charge in [-0.1, -0.05) is 44.2 Å². The van der Waals surface area contributed by atoms with E-state index in [1.54, 1.807) is 13.1 Å². The van der Waals surface area contributed by atoms with Crippen molar-refractivity contribution < 1.29 is 9.90 Å². The number of rotatable bonds is 4. The van der Waals surface area contributed by atoms with Gasteiger partial charge < -0.3 is 5.11 Å². The highest BCUT2D eigenvalue weighted by Gasteiger charge is 2.07. The van der Waals surface area contributed by atoms with E-state index >= 15 is 0 Å². The number of hydrogen-bond acceptors (Lipinski definition) is 4. The van der Waals surface area contributed by atoms with Crippen LogP contribution in [0.15, 0.2) is 53.2 Å². The summed E-state index contributed by atoms with van der Waals surface area (Å²) in [6.45, 7) is 7.89. The number of nitriles is 1. The fourth-order valence-electron chi connectivity index (χ4n) is 2.32. The van der Waals surface area contributed by atoms with Crippen molar-refractivity contribution in [3.8, 4) is 17.2 Å². The van der Waals surface area contributed by atoms with Crippen molar-refractivity contribution in [1.82, 2.24) is 4.98 Å². The molecule has 2 aromatic rings. The van der Waals surface area contributed by atoms with Gasteiger partial charge in [0.15, 0.2) is 0 Å². The van der Waals surface area contributed by atoms with Gasteiger partial charge in [0, 0.05) is 30.7 Å². The molecule has 0 bridgehead atoms. The molecule has 0 aliphatic rings. The van der Waals surface area contributed by atoms with E-state index in [0.717, 1.165) is 16.8 Å². The molecule has 0 aliphatic carbocycles. The zero-order valence-electron chi connectivity index (χ0n) is 16.4. The smallest absolute Gasteiger partial charge is 0.336 e. The van der Waals surface area contributed by atoms with Crippen LogP contribution >= 0.6 is 0 Å². The third-order valence-corrected chi connectivity index (χ3v) is 3.88. The number of hydrogen-bond donors (Lipinski definition) is 1. The second-order valence-corrected chi connectivity index (χ2v) is 6.20. The molecule has 0 amide bonds. The van der Waals surface area contributed by atoms with Crippen LogP contribution < -0.4 is 0 Å². The highest BCUT2D eigenvalue weighted by atomic mass is 16.4. The van der Waals surface area contributed by atoms with E-state index in [0.29, 0.717) is 11.5 Å². The Labute approximate surface area is 160 Å². The highest BCUT2D eigenvalue weighted by Crippen LogP contribution is 2.25. The van der Waals surface area contributed by atoms with Crippen LogP contribution in [-0.4, -0.2) is 29.3 Å². The van der Waals surface area contributed by atoms with E-state index in [2.05, 4.69) is 54.2 Å². The molecule has 1 N–H and O–H groups in total. The summed E-state index contributed by atoms with van der Waals surface area (Å²) in [4.78, 5) is 18.0. The minimum Gasteiger partial charge on any atom is -0.478 e. The molecule has 0 radical (unpaired) electrons. The van der Waals surface area contributed by atoms with E-state index in [1.807, 2.05) is 13.0 Å². The maximum Gasteiger partial charge on any atom is 0.336 e. The molecule has 27 heavy (non-hydrogen) atoms. The molecule has 5 nitrogen and oxygen atoms in total. The Bertz CT molecular complexity index is 873. The maximum absolute atomic E-state index is 10.2. The maximum atomic E-state index is 10.2. The van der Waals surface area contributed by atoms with E-state index < -0.39 is 5.97 Å². The fourth-order valence-corrected chi connectivity index (χ4v) is 2.32. The minimum absolute atomic E-state index is 0.220. The van der Waals surface area contributed by atoms with Gasteiger partial charge in [0.2, 0.25) is 0 Å². The third-order valence-electron chi connectivity index (χ3n) is 3.88. The van der Waals surface area contributed by atoms with E-state index in [-0.39, 0.29) is 5.57 Å². The topological polar surface area (TPSA) is 86.3 Å². The van der Waals surface area contributed by atoms with Crippen molar-refractivity contribution in [3.05, 3.63) is 65.0 Å². The van der Waals surface area contributed by atoms with Crippen LogP contribution in [0.1, 0.15) is 43.5 Å². The van der Waals surface area contributed by atoms with Gasteiger partial charge in [-0.15, -0.1) is 0 Å². The molecule has 0 unspecified atom stereocenters. The molecule has 2 rings (SSSR count). The Morgan fingerprint density at radius 1 is 1.30 bits per heavy atom. The summed E-state index contributed by atoms with van der Waals surface area (Å²) in [7, 11) is 1.53. The van der Waals surface area contributed by atoms with Crippen molar-refractivity contribution in [2.45, 2.75) is 33.6 Å². The van der Waals surface area contributed by atoms with E-state index in [1.165, 1.54) is 24.9 Å². The van der Waals surface area contributed by atoms with Crippen LogP contribution in [0.25, 0.3) is 11.1 Å². The molecule has 0 aliphatic heterocycles. The van der Waals surface area contributed by atoms with Crippen molar-refractivity contribution in [3.63, 3.8) is 0 Å². The lowest BCUT2D eigenvalue weighted by atomic mass is 9.97. The summed E-state index contributed by atoms with van der Waals surface area (Å²) >= 11 is 0. The Kier molecular flexibility index (Phi) is 8.61. The Morgan fingerprint density at radius 3 is 2.33 bits per heavy atom. The molecule has 1 heterocycles. The number of carboxylic acids is 1. The zero-order valence-corrected chi connectivity index (χ0v) is 16.4. The van der Waals surface area contributed by atoms with Gasteiger partial charge in [-0.2, -0.15) is 5.26 Å². The molecule has 5 heteroatoms. The Morgan fingerprint density at radius 2 is 1.93 bits per heavy atom. The van der Waals surface area contributed by atoms with Crippen molar-refractivity contribution in [1.29, 1.82) is 5.26 Å². The van der Waals surface area contributed by atoms with E-state index in [4.69, 9.17) is 10.4 Å². The second-order valence-electron chi connectivity index (χ2n) is 6.20. The first-order valence-corrected chi connectivity index (χ1v) is 8.62. The predicted octanol–water partition coefficient (Wildman–Crippen LogP) is 4.77. The number of benzene rings is 1. The molecule has 1 aromatic carbocycles. The fraction of sp³-hybridized carbons (Fsp3) is 0.273. The second kappa shape index (κ2) is 10.7. The molecule has 0 fully saturated rings. The first kappa shape index (κ1) is 21.8. The van der Waals surface area contributed by atoms with Gasteiger partial charge in [-0.05, 0) is 37.0 Å². The summed E-state index contributed by atoms with van der Waals surface area (Å²) in [5, 5.41) is 17.5. The molecule has 1 aromatic heterocycles. The third kappa shape index (κ3) is 6.52. The monoisotopic (exact) mass is 363 g/mol. The first-order valence-electron chi connectivity index (χ1n) is 8.62. The summed E-state index contributed by atoms with van der Waals surface area (Å²) in [5.41, 5.74) is 5.02. The van der Waals surface area contributed by atoms with Gasteiger partial charge in [0.25, 0.3) is 0 Å². The van der Waals surface area contributed by atoms with Gasteiger partial charge >= 0.3 is 5.97 Å². The lowest BCUT2D eigenvalue weighted by Gasteiger charge is -2.08. The van der Waals surface area contributed by atoms with Crippen LogP contribution in [0.5, 0.6) is 0 Å². The summed E-state index contributed by atoms with van der Waals surface area (Å²) in [6, 6.07) is 12.4. The van der Waals surface area contributed by atoms with Gasteiger partial charge in [-0.25, -0.2) is 4.79 Å². The average Bonchev–Trinajstić information content (AvgIpc) is 2.66. The quantitative estimate of drug-likeness (QED) is 0.626. The standard InChI is InChI=1S/C16H16N2.C6H9NO2/c1-11(2)13-4-6-14(7-5-13)16-10-18-12(3)8-15(16)9-17;1-3-5(4-7-2)6(8)9/h4-8,10-11H,1-3H3;3-4H,1-2H3,(H,8,9)/b;5-3+,7-4?. The van der Waals surface area contributed by atoms with Crippen LogP contribution in [0.4, 0.5) is 0 Å². The average molecular weight is 363 g/mol. The normalized spacial score (nSPS) is 11.1.